The van der Waals surface area contributed by atoms with Crippen LogP contribution >= 0.6 is 0 Å². The van der Waals surface area contributed by atoms with Crippen LogP contribution in [0.25, 0.3) is 10.9 Å². The largest absolute Gasteiger partial charge is 0.384 e. The molecule has 1 saturated heterocycles. The molecule has 2 aromatic rings. The van der Waals surface area contributed by atoms with Gasteiger partial charge in [0.15, 0.2) is 0 Å². The van der Waals surface area contributed by atoms with Gasteiger partial charge < -0.3 is 16.0 Å². The van der Waals surface area contributed by atoms with Gasteiger partial charge in [-0.05, 0) is 170 Å². The van der Waals surface area contributed by atoms with E-state index in [4.69, 9.17) is 4.98 Å². The number of aryl methyl sites for hydroxylation is 1. The second kappa shape index (κ2) is 17.4. The third-order valence-corrected chi connectivity index (χ3v) is 16.1. The van der Waals surface area contributed by atoms with Crippen molar-refractivity contribution in [2.75, 3.05) is 25.0 Å². The Morgan fingerprint density at radius 2 is 1.12 bits per heavy atom. The number of fused-ring (bicyclic) bond motifs is 1. The van der Waals surface area contributed by atoms with Crippen molar-refractivity contribution in [3.05, 3.63) is 34.4 Å². The van der Waals surface area contributed by atoms with Crippen LogP contribution in [0.4, 0.5) is 5.69 Å². The van der Waals surface area contributed by atoms with Crippen LogP contribution in [0.5, 0.6) is 0 Å². The third-order valence-electron chi connectivity index (χ3n) is 16.1. The molecule has 9 aliphatic rings. The molecule has 9 fully saturated rings. The molecule has 1 aromatic heterocycles. The smallest absolute Gasteiger partial charge is 0.264 e. The van der Waals surface area contributed by atoms with E-state index in [1.165, 1.54) is 122 Å². The predicted octanol–water partition coefficient (Wildman–Crippen LogP) is 8.74. The third kappa shape index (κ3) is 9.05. The van der Waals surface area contributed by atoms with Crippen LogP contribution in [-0.2, 0) is 16.0 Å². The van der Waals surface area contributed by atoms with Gasteiger partial charge >= 0.3 is 0 Å². The molecule has 11 rings (SSSR count). The van der Waals surface area contributed by atoms with Crippen LogP contribution in [0.2, 0.25) is 0 Å². The van der Waals surface area contributed by atoms with Gasteiger partial charge in [-0.1, -0.05) is 51.0 Å². The molecule has 57 heavy (non-hydrogen) atoms. The quantitative estimate of drug-likeness (QED) is 0.0740. The molecular weight excluding hydrogens is 709 g/mol. The molecule has 312 valence electrons. The first kappa shape index (κ1) is 39.7. The summed E-state index contributed by atoms with van der Waals surface area (Å²) in [7, 11) is 0. The Morgan fingerprint density at radius 3 is 1.65 bits per heavy atom. The highest BCUT2D eigenvalue weighted by Gasteiger charge is 2.51. The van der Waals surface area contributed by atoms with Gasteiger partial charge in [0.25, 0.3) is 5.56 Å². The Hall–Kier alpha value is -2.78. The van der Waals surface area contributed by atoms with Crippen molar-refractivity contribution in [2.24, 2.45) is 35.5 Å². The number of rotatable bonds is 21. The number of unbranched alkanes of at least 4 members (excludes halogenated alkanes) is 9. The number of nitrogens with zero attached hydrogens (tertiary/aromatic N) is 2. The average Bonchev–Trinajstić information content (AvgIpc) is 3.16. The van der Waals surface area contributed by atoms with E-state index in [1.54, 1.807) is 4.57 Å². The van der Waals surface area contributed by atoms with Gasteiger partial charge in [-0.2, -0.15) is 0 Å². The van der Waals surface area contributed by atoms with Crippen molar-refractivity contribution in [1.82, 2.24) is 25.5 Å². The zero-order valence-corrected chi connectivity index (χ0v) is 34.9. The predicted molar refractivity (Wildman–Crippen MR) is 228 cm³/mol. The Labute approximate surface area is 341 Å². The number of imide groups is 1. The summed E-state index contributed by atoms with van der Waals surface area (Å²) in [4.78, 5) is 44.6. The molecular formula is C48H72N6O3. The van der Waals surface area contributed by atoms with Gasteiger partial charge in [-0.3, -0.25) is 24.3 Å². The van der Waals surface area contributed by atoms with Crippen molar-refractivity contribution in [3.8, 4) is 0 Å². The van der Waals surface area contributed by atoms with Gasteiger partial charge in [-0.15, -0.1) is 0 Å². The van der Waals surface area contributed by atoms with Crippen molar-refractivity contribution in [3.63, 3.8) is 0 Å². The van der Waals surface area contributed by atoms with E-state index in [2.05, 4.69) is 21.3 Å². The van der Waals surface area contributed by atoms with E-state index in [0.29, 0.717) is 40.6 Å². The number of amides is 2. The molecule has 1 aromatic carbocycles. The average molecular weight is 781 g/mol. The van der Waals surface area contributed by atoms with Gasteiger partial charge in [0, 0.05) is 36.2 Å². The maximum atomic E-state index is 14.4. The molecule has 8 aliphatic carbocycles. The first-order chi connectivity index (χ1) is 27.8. The second-order valence-corrected chi connectivity index (χ2v) is 20.7. The highest BCUT2D eigenvalue weighted by atomic mass is 16.2. The zero-order valence-electron chi connectivity index (χ0n) is 34.9. The van der Waals surface area contributed by atoms with Crippen LogP contribution in [0.15, 0.2) is 23.0 Å². The van der Waals surface area contributed by atoms with Crippen molar-refractivity contribution in [1.29, 1.82) is 0 Å². The summed E-state index contributed by atoms with van der Waals surface area (Å²) >= 11 is 0. The maximum absolute atomic E-state index is 14.4. The Kier molecular flexibility index (Phi) is 12.1. The minimum atomic E-state index is -0.714. The Bertz CT molecular complexity index is 1730. The lowest BCUT2D eigenvalue weighted by Gasteiger charge is -2.57. The van der Waals surface area contributed by atoms with E-state index in [0.717, 1.165) is 86.5 Å². The summed E-state index contributed by atoms with van der Waals surface area (Å²) < 4.78 is 1.63. The molecule has 1 atom stereocenters. The van der Waals surface area contributed by atoms with Crippen LogP contribution in [0.3, 0.4) is 0 Å². The normalized spacial score (nSPS) is 33.7. The van der Waals surface area contributed by atoms with Gasteiger partial charge in [-0.25, -0.2) is 4.98 Å². The van der Waals surface area contributed by atoms with Crippen molar-refractivity contribution in [2.45, 2.75) is 184 Å². The Morgan fingerprint density at radius 1 is 0.632 bits per heavy atom. The fourth-order valence-electron chi connectivity index (χ4n) is 14.3. The van der Waals surface area contributed by atoms with E-state index in [9.17, 15) is 14.4 Å². The second-order valence-electron chi connectivity index (χ2n) is 20.7. The monoisotopic (exact) mass is 781 g/mol. The number of anilines is 1. The van der Waals surface area contributed by atoms with Gasteiger partial charge in [0.2, 0.25) is 11.8 Å². The Balaban J connectivity index is 0.731. The lowest BCUT2D eigenvalue weighted by molar-refractivity contribution is -0.135. The van der Waals surface area contributed by atoms with Crippen molar-refractivity contribution >= 4 is 28.4 Å². The lowest BCUT2D eigenvalue weighted by atomic mass is 9.53. The van der Waals surface area contributed by atoms with Gasteiger partial charge in [0.1, 0.15) is 11.9 Å². The first-order valence-electron chi connectivity index (χ1n) is 23.9. The summed E-state index contributed by atoms with van der Waals surface area (Å²) in [6.07, 6.45) is 31.6. The number of nitrogens with one attached hydrogen (secondary N) is 4. The van der Waals surface area contributed by atoms with Crippen LogP contribution < -0.4 is 26.8 Å². The number of carbonyl (C=O) groups excluding carboxylic acids is 2. The molecule has 1 unspecified atom stereocenters. The molecule has 0 spiro atoms. The molecule has 4 N–H and O–H groups in total. The number of hydrogen-bond donors (Lipinski definition) is 4. The summed E-state index contributed by atoms with van der Waals surface area (Å²) in [5.74, 6) is 5.95. The number of benzene rings is 1. The molecule has 2 amide bonds. The maximum Gasteiger partial charge on any atom is 0.264 e. The molecule has 9 nitrogen and oxygen atoms in total. The molecule has 8 saturated carbocycles. The molecule has 2 heterocycles. The molecule has 8 bridgehead atoms. The minimum Gasteiger partial charge on any atom is -0.384 e. The van der Waals surface area contributed by atoms with E-state index in [1.807, 2.05) is 18.2 Å². The number of carbonyl (C=O) groups is 2. The zero-order chi connectivity index (χ0) is 38.8. The van der Waals surface area contributed by atoms with E-state index >= 15 is 0 Å². The van der Waals surface area contributed by atoms with E-state index in [-0.39, 0.29) is 17.9 Å². The van der Waals surface area contributed by atoms with Gasteiger partial charge in [0.05, 0.1) is 10.9 Å². The SMILES string of the molecule is O=C1CCC(n2c(CCCCCCCCNC34CC5CC(CC(C5)C3)C4)nc3cccc(NCCCCCCCNC45CC6CC(CC(C6)C4)C5)c3c2=O)C(=O)N1. The highest BCUT2D eigenvalue weighted by Crippen LogP contribution is 2.56. The molecule has 9 heteroatoms. The molecule has 0 radical (unpaired) electrons. The summed E-state index contributed by atoms with van der Waals surface area (Å²) in [6, 6.07) is 5.16. The number of piperidine rings is 1. The number of hydrogen-bond acceptors (Lipinski definition) is 7. The van der Waals surface area contributed by atoms with Crippen LogP contribution in [0, 0.1) is 35.5 Å². The fraction of sp³-hybridized carbons (Fsp3) is 0.792. The van der Waals surface area contributed by atoms with Crippen LogP contribution in [-0.4, -0.2) is 52.1 Å². The van der Waals surface area contributed by atoms with Crippen molar-refractivity contribution < 1.29 is 9.59 Å². The topological polar surface area (TPSA) is 117 Å². The number of aromatic nitrogens is 2. The summed E-state index contributed by atoms with van der Waals surface area (Å²) in [6.45, 7) is 3.11. The molecule has 1 aliphatic heterocycles. The summed E-state index contributed by atoms with van der Waals surface area (Å²) in [5.41, 5.74) is 2.22. The van der Waals surface area contributed by atoms with Crippen LogP contribution in [0.1, 0.15) is 172 Å². The minimum absolute atomic E-state index is 0.175. The fourth-order valence-corrected chi connectivity index (χ4v) is 14.3. The summed E-state index contributed by atoms with van der Waals surface area (Å²) in [5, 5.41) is 14.7. The van der Waals surface area contributed by atoms with E-state index < -0.39 is 11.9 Å². The lowest BCUT2D eigenvalue weighted by Crippen LogP contribution is -2.58. The standard InChI is InChI=1S/C48H72N6O3/c55-43-17-16-41(45(56)53-43)54-42(15-8-4-1-2-6-10-19-50-47-27-33-21-34(28-47)23-35(22-33)29-47)52-40-14-12-13-39(44(40)46(54)57)49-18-9-5-3-7-11-20-51-48-30-36-24-37(31-48)26-38(25-36)32-48/h12-14,33-38,41,49-51H,1-11,15-32H2,(H,53,55,56). The first-order valence-corrected chi connectivity index (χ1v) is 23.9. The highest BCUT2D eigenvalue weighted by molar-refractivity contribution is 5.99.